The van der Waals surface area contributed by atoms with Gasteiger partial charge in [-0.3, -0.25) is 0 Å². The molecule has 1 atom stereocenters. The number of para-hydroxylation sites is 1. The first-order valence-corrected chi connectivity index (χ1v) is 5.69. The second-order valence-corrected chi connectivity index (χ2v) is 4.11. The Morgan fingerprint density at radius 2 is 2.00 bits per heavy atom. The van der Waals surface area contributed by atoms with Gasteiger partial charge in [-0.2, -0.15) is 0 Å². The third-order valence-corrected chi connectivity index (χ3v) is 2.46. The Morgan fingerprint density at radius 1 is 1.31 bits per heavy atom. The van der Waals surface area contributed by atoms with Crippen molar-refractivity contribution >= 4 is 0 Å². The van der Waals surface area contributed by atoms with E-state index in [0.29, 0.717) is 13.0 Å². The zero-order chi connectivity index (χ0) is 12.0. The van der Waals surface area contributed by atoms with Crippen molar-refractivity contribution in [1.82, 2.24) is 4.90 Å². The molecule has 0 fully saturated rings. The van der Waals surface area contributed by atoms with Crippen molar-refractivity contribution in [3.05, 3.63) is 29.8 Å². The molecule has 1 aromatic carbocycles. The molecule has 1 aromatic rings. The third kappa shape index (κ3) is 3.83. The summed E-state index contributed by atoms with van der Waals surface area (Å²) < 4.78 is 5.67. The van der Waals surface area contributed by atoms with Gasteiger partial charge in [-0.1, -0.05) is 25.1 Å². The normalized spacial score (nSPS) is 12.8. The minimum atomic E-state index is -0.435. The van der Waals surface area contributed by atoms with Crippen LogP contribution in [0.2, 0.25) is 0 Å². The number of aliphatic hydroxyl groups is 1. The van der Waals surface area contributed by atoms with Gasteiger partial charge in [0.2, 0.25) is 0 Å². The van der Waals surface area contributed by atoms with Crippen LogP contribution in [0.5, 0.6) is 5.75 Å². The van der Waals surface area contributed by atoms with E-state index in [0.717, 1.165) is 17.9 Å². The highest BCUT2D eigenvalue weighted by molar-refractivity contribution is 5.34. The smallest absolute Gasteiger partial charge is 0.125 e. The van der Waals surface area contributed by atoms with E-state index in [2.05, 4.69) is 4.90 Å². The minimum Gasteiger partial charge on any atom is -0.492 e. The summed E-state index contributed by atoms with van der Waals surface area (Å²) in [7, 11) is 4.02. The lowest BCUT2D eigenvalue weighted by molar-refractivity contribution is 0.165. The van der Waals surface area contributed by atoms with Crippen LogP contribution in [0.4, 0.5) is 0 Å². The maximum atomic E-state index is 9.83. The topological polar surface area (TPSA) is 32.7 Å². The van der Waals surface area contributed by atoms with Crippen LogP contribution >= 0.6 is 0 Å². The van der Waals surface area contributed by atoms with Crippen LogP contribution in [0.3, 0.4) is 0 Å². The van der Waals surface area contributed by atoms with Crippen molar-refractivity contribution in [2.45, 2.75) is 19.4 Å². The largest absolute Gasteiger partial charge is 0.492 e. The Hall–Kier alpha value is -1.06. The van der Waals surface area contributed by atoms with Crippen LogP contribution in [0.1, 0.15) is 25.0 Å². The summed E-state index contributed by atoms with van der Waals surface area (Å²) in [4.78, 5) is 2.07. The minimum absolute atomic E-state index is 0.435. The molecule has 1 N–H and O–H groups in total. The Kier molecular flexibility index (Phi) is 5.29. The molecule has 0 aromatic heterocycles. The summed E-state index contributed by atoms with van der Waals surface area (Å²) in [5, 5.41) is 9.83. The van der Waals surface area contributed by atoms with Crippen molar-refractivity contribution in [3.8, 4) is 5.75 Å². The molecule has 0 heterocycles. The predicted molar refractivity (Wildman–Crippen MR) is 65.7 cm³/mol. The summed E-state index contributed by atoms with van der Waals surface area (Å²) in [5.41, 5.74) is 0.878. The molecule has 0 aliphatic heterocycles. The molecule has 0 spiro atoms. The molecule has 16 heavy (non-hydrogen) atoms. The van der Waals surface area contributed by atoms with E-state index in [1.165, 1.54) is 0 Å². The first-order chi connectivity index (χ1) is 7.65. The monoisotopic (exact) mass is 223 g/mol. The summed E-state index contributed by atoms with van der Waals surface area (Å²) in [6, 6.07) is 7.67. The van der Waals surface area contributed by atoms with Gasteiger partial charge in [0.1, 0.15) is 12.4 Å². The van der Waals surface area contributed by atoms with Gasteiger partial charge in [0.15, 0.2) is 0 Å². The highest BCUT2D eigenvalue weighted by Gasteiger charge is 2.10. The van der Waals surface area contributed by atoms with Gasteiger partial charge in [-0.25, -0.2) is 0 Å². The highest BCUT2D eigenvalue weighted by atomic mass is 16.5. The fourth-order valence-electron chi connectivity index (χ4n) is 1.45. The molecule has 0 amide bonds. The summed E-state index contributed by atoms with van der Waals surface area (Å²) in [6.07, 6.45) is 0.268. The van der Waals surface area contributed by atoms with E-state index < -0.39 is 6.10 Å². The van der Waals surface area contributed by atoms with Crippen LogP contribution < -0.4 is 4.74 Å². The van der Waals surface area contributed by atoms with Gasteiger partial charge in [-0.15, -0.1) is 0 Å². The molecule has 3 nitrogen and oxygen atoms in total. The van der Waals surface area contributed by atoms with Crippen LogP contribution in [-0.4, -0.2) is 37.3 Å². The number of nitrogens with zero attached hydrogens (tertiary/aromatic N) is 1. The first kappa shape index (κ1) is 13.0. The van der Waals surface area contributed by atoms with E-state index in [1.54, 1.807) is 0 Å². The van der Waals surface area contributed by atoms with Crippen molar-refractivity contribution in [1.29, 1.82) is 0 Å². The molecule has 0 saturated carbocycles. The quantitative estimate of drug-likeness (QED) is 0.801. The molecular formula is C13H21NO2. The number of hydrogen-bond donors (Lipinski definition) is 1. The predicted octanol–water partition coefficient (Wildman–Crippen LogP) is 2.07. The molecule has 0 aliphatic rings. The van der Waals surface area contributed by atoms with Gasteiger partial charge < -0.3 is 14.7 Å². The number of rotatable bonds is 6. The third-order valence-electron chi connectivity index (χ3n) is 2.46. The van der Waals surface area contributed by atoms with Crippen LogP contribution in [-0.2, 0) is 0 Å². The lowest BCUT2D eigenvalue weighted by Crippen LogP contribution is -2.19. The SMILES string of the molecule is CC[C@H](O)c1ccccc1OCCN(C)C. The molecule has 0 unspecified atom stereocenters. The second-order valence-electron chi connectivity index (χ2n) is 4.11. The average Bonchev–Trinajstić information content (AvgIpc) is 2.28. The summed E-state index contributed by atoms with van der Waals surface area (Å²) in [6.45, 7) is 3.47. The molecule has 0 saturated heterocycles. The Morgan fingerprint density at radius 3 is 2.62 bits per heavy atom. The Bertz CT molecular complexity index is 313. The van der Waals surface area contributed by atoms with E-state index in [4.69, 9.17) is 4.74 Å². The lowest BCUT2D eigenvalue weighted by Gasteiger charge is -2.16. The standard InChI is InChI=1S/C13H21NO2/c1-4-12(15)11-7-5-6-8-13(11)16-10-9-14(2)3/h5-8,12,15H,4,9-10H2,1-3H3/t12-/m0/s1. The van der Waals surface area contributed by atoms with Crippen LogP contribution in [0, 0.1) is 0 Å². The Labute approximate surface area is 97.7 Å². The van der Waals surface area contributed by atoms with Gasteiger partial charge in [0.25, 0.3) is 0 Å². The van der Waals surface area contributed by atoms with E-state index >= 15 is 0 Å². The van der Waals surface area contributed by atoms with Gasteiger partial charge in [0, 0.05) is 12.1 Å². The Balaban J connectivity index is 2.64. The second kappa shape index (κ2) is 6.51. The van der Waals surface area contributed by atoms with E-state index in [1.807, 2.05) is 45.3 Å². The molecular weight excluding hydrogens is 202 g/mol. The number of benzene rings is 1. The lowest BCUT2D eigenvalue weighted by atomic mass is 10.1. The molecule has 3 heteroatoms. The summed E-state index contributed by atoms with van der Waals surface area (Å²) >= 11 is 0. The average molecular weight is 223 g/mol. The fraction of sp³-hybridized carbons (Fsp3) is 0.538. The fourth-order valence-corrected chi connectivity index (χ4v) is 1.45. The van der Waals surface area contributed by atoms with E-state index in [9.17, 15) is 5.11 Å². The van der Waals surface area contributed by atoms with Crippen LogP contribution in [0.15, 0.2) is 24.3 Å². The number of likely N-dealkylation sites (N-methyl/N-ethyl adjacent to an activating group) is 1. The molecule has 90 valence electrons. The van der Waals surface area contributed by atoms with E-state index in [-0.39, 0.29) is 0 Å². The maximum absolute atomic E-state index is 9.83. The van der Waals surface area contributed by atoms with Gasteiger partial charge in [-0.05, 0) is 26.6 Å². The zero-order valence-electron chi connectivity index (χ0n) is 10.3. The highest BCUT2D eigenvalue weighted by Crippen LogP contribution is 2.26. The summed E-state index contributed by atoms with van der Waals surface area (Å²) in [5.74, 6) is 0.790. The number of hydrogen-bond acceptors (Lipinski definition) is 3. The number of aliphatic hydroxyl groups excluding tert-OH is 1. The number of ether oxygens (including phenoxy) is 1. The van der Waals surface area contributed by atoms with Crippen molar-refractivity contribution in [2.75, 3.05) is 27.2 Å². The van der Waals surface area contributed by atoms with Crippen LogP contribution in [0.25, 0.3) is 0 Å². The van der Waals surface area contributed by atoms with Crippen molar-refractivity contribution in [2.24, 2.45) is 0 Å². The van der Waals surface area contributed by atoms with Gasteiger partial charge in [0.05, 0.1) is 6.10 Å². The molecule has 0 radical (unpaired) electrons. The van der Waals surface area contributed by atoms with Gasteiger partial charge >= 0.3 is 0 Å². The van der Waals surface area contributed by atoms with Crippen molar-refractivity contribution in [3.63, 3.8) is 0 Å². The van der Waals surface area contributed by atoms with Crippen molar-refractivity contribution < 1.29 is 9.84 Å². The zero-order valence-corrected chi connectivity index (χ0v) is 10.3. The molecule has 0 bridgehead atoms. The molecule has 1 rings (SSSR count). The molecule has 0 aliphatic carbocycles. The maximum Gasteiger partial charge on any atom is 0.125 e. The first-order valence-electron chi connectivity index (χ1n) is 5.69.